The molecule has 0 aliphatic heterocycles. The number of aromatic carboxylic acids is 1. The van der Waals surface area contributed by atoms with Gasteiger partial charge in [0.2, 0.25) is 10.0 Å². The summed E-state index contributed by atoms with van der Waals surface area (Å²) in [6.07, 6.45) is 1.08. The summed E-state index contributed by atoms with van der Waals surface area (Å²) in [4.78, 5) is 10.7. The molecule has 0 saturated carbocycles. The molecule has 0 unspecified atom stereocenters. The highest BCUT2D eigenvalue weighted by atomic mass is 32.2. The van der Waals surface area contributed by atoms with Crippen LogP contribution in [0.2, 0.25) is 0 Å². The molecular weight excluding hydrogens is 326 g/mol. The molecule has 0 spiro atoms. The zero-order valence-electron chi connectivity index (χ0n) is 12.7. The number of sulfonamides is 1. The number of hydrogen-bond donors (Lipinski definition) is 2. The van der Waals surface area contributed by atoms with Crippen molar-refractivity contribution in [2.45, 2.75) is 0 Å². The van der Waals surface area contributed by atoms with Gasteiger partial charge in [0, 0.05) is 16.8 Å². The number of benzene rings is 2. The van der Waals surface area contributed by atoms with Crippen LogP contribution < -0.4 is 4.72 Å². The van der Waals surface area contributed by atoms with Gasteiger partial charge in [-0.1, -0.05) is 11.8 Å². The summed E-state index contributed by atoms with van der Waals surface area (Å²) in [5.74, 6) is 10.0. The minimum atomic E-state index is -3.30. The van der Waals surface area contributed by atoms with Crippen LogP contribution in [0.15, 0.2) is 48.5 Å². The summed E-state index contributed by atoms with van der Waals surface area (Å²) in [7, 11) is -3.30. The lowest BCUT2D eigenvalue weighted by Gasteiger charge is -2.02. The van der Waals surface area contributed by atoms with Gasteiger partial charge < -0.3 is 5.11 Å². The molecule has 0 bridgehead atoms. The molecule has 0 heterocycles. The Balaban J connectivity index is 2.04. The average Bonchev–Trinajstić information content (AvgIpc) is 2.52. The van der Waals surface area contributed by atoms with Gasteiger partial charge in [0.25, 0.3) is 0 Å². The lowest BCUT2D eigenvalue weighted by atomic mass is 10.1. The van der Waals surface area contributed by atoms with E-state index in [2.05, 4.69) is 28.4 Å². The molecule has 2 aromatic rings. The predicted octanol–water partition coefficient (Wildman–Crippen LogP) is 2.16. The molecule has 0 atom stereocenters. The van der Waals surface area contributed by atoms with Gasteiger partial charge in [-0.05, 0) is 60.4 Å². The van der Waals surface area contributed by atoms with Crippen molar-refractivity contribution < 1.29 is 18.3 Å². The maximum Gasteiger partial charge on any atom is 0.335 e. The summed E-state index contributed by atoms with van der Waals surface area (Å²) >= 11 is 0. The van der Waals surface area contributed by atoms with E-state index in [0.717, 1.165) is 6.26 Å². The molecular formula is C18H13NO4S. The first kappa shape index (κ1) is 17.1. The molecule has 0 aliphatic carbocycles. The molecule has 120 valence electrons. The van der Waals surface area contributed by atoms with Crippen LogP contribution >= 0.6 is 0 Å². The molecule has 0 radical (unpaired) electrons. The first-order valence-electron chi connectivity index (χ1n) is 6.77. The number of carboxylic acid groups (broad SMARTS) is 1. The van der Waals surface area contributed by atoms with Gasteiger partial charge >= 0.3 is 5.97 Å². The lowest BCUT2D eigenvalue weighted by Crippen LogP contribution is -2.09. The van der Waals surface area contributed by atoms with Crippen LogP contribution in [0.5, 0.6) is 0 Å². The fourth-order valence-electron chi connectivity index (χ4n) is 1.74. The van der Waals surface area contributed by atoms with Crippen molar-refractivity contribution in [3.8, 4) is 23.7 Å². The molecule has 24 heavy (non-hydrogen) atoms. The fourth-order valence-corrected chi connectivity index (χ4v) is 2.30. The normalized spacial score (nSPS) is 9.88. The van der Waals surface area contributed by atoms with E-state index in [1.807, 2.05) is 0 Å². The third-order valence-electron chi connectivity index (χ3n) is 2.80. The Morgan fingerprint density at radius 3 is 1.79 bits per heavy atom. The third-order valence-corrected chi connectivity index (χ3v) is 3.40. The third kappa shape index (κ3) is 5.53. The molecule has 0 amide bonds. The van der Waals surface area contributed by atoms with E-state index in [9.17, 15) is 13.2 Å². The van der Waals surface area contributed by atoms with Gasteiger partial charge in [-0.3, -0.25) is 4.72 Å². The van der Waals surface area contributed by atoms with Crippen molar-refractivity contribution in [1.29, 1.82) is 0 Å². The summed E-state index contributed by atoms with van der Waals surface area (Å²) in [5.41, 5.74) is 2.04. The number of rotatable bonds is 3. The molecule has 5 nitrogen and oxygen atoms in total. The van der Waals surface area contributed by atoms with Gasteiger partial charge in [0.15, 0.2) is 0 Å². The smallest absolute Gasteiger partial charge is 0.335 e. The predicted molar refractivity (Wildman–Crippen MR) is 92.1 cm³/mol. The first-order chi connectivity index (χ1) is 11.3. The van der Waals surface area contributed by atoms with E-state index in [1.54, 1.807) is 36.4 Å². The number of hydrogen-bond acceptors (Lipinski definition) is 3. The van der Waals surface area contributed by atoms with Crippen molar-refractivity contribution in [3.05, 3.63) is 65.2 Å². The Hall–Kier alpha value is -3.22. The van der Waals surface area contributed by atoms with E-state index in [-0.39, 0.29) is 5.56 Å². The summed E-state index contributed by atoms with van der Waals surface area (Å²) in [5, 5.41) is 8.80. The molecule has 2 rings (SSSR count). The highest BCUT2D eigenvalue weighted by Crippen LogP contribution is 2.09. The Kier molecular flexibility index (Phi) is 5.26. The molecule has 6 heteroatoms. The lowest BCUT2D eigenvalue weighted by molar-refractivity contribution is 0.0697. The largest absolute Gasteiger partial charge is 0.478 e. The van der Waals surface area contributed by atoms with E-state index in [1.165, 1.54) is 12.1 Å². The maximum atomic E-state index is 11.1. The summed E-state index contributed by atoms with van der Waals surface area (Å²) in [6.45, 7) is 0. The zero-order valence-corrected chi connectivity index (χ0v) is 13.5. The minimum absolute atomic E-state index is 0.203. The van der Waals surface area contributed by atoms with Crippen LogP contribution in [0.3, 0.4) is 0 Å². The van der Waals surface area contributed by atoms with Crippen molar-refractivity contribution >= 4 is 21.7 Å². The SMILES string of the molecule is CS(=O)(=O)Nc1ccc(C#CC#Cc2ccc(C(=O)O)cc2)cc1. The quantitative estimate of drug-likeness (QED) is 0.840. The number of anilines is 1. The van der Waals surface area contributed by atoms with E-state index >= 15 is 0 Å². The summed E-state index contributed by atoms with van der Waals surface area (Å²) < 4.78 is 24.6. The van der Waals surface area contributed by atoms with Gasteiger partial charge in [0.05, 0.1) is 11.8 Å². The van der Waals surface area contributed by atoms with Crippen LogP contribution in [0.1, 0.15) is 21.5 Å². The molecule has 2 N–H and O–H groups in total. The van der Waals surface area contributed by atoms with Gasteiger partial charge in [-0.25, -0.2) is 13.2 Å². The minimum Gasteiger partial charge on any atom is -0.478 e. The van der Waals surface area contributed by atoms with Crippen molar-refractivity contribution in [2.75, 3.05) is 11.0 Å². The van der Waals surface area contributed by atoms with Crippen LogP contribution in [0.25, 0.3) is 0 Å². The van der Waals surface area contributed by atoms with Crippen molar-refractivity contribution in [1.82, 2.24) is 0 Å². The maximum absolute atomic E-state index is 11.1. The second kappa shape index (κ2) is 7.36. The standard InChI is InChI=1S/C18H13NO4S/c1-24(22,23)19-17-12-8-15(9-13-17)5-3-2-4-14-6-10-16(11-7-14)18(20)21/h6-13,19H,1H3,(H,20,21). The van der Waals surface area contributed by atoms with Crippen LogP contribution in [0.4, 0.5) is 5.69 Å². The number of carboxylic acids is 1. The highest BCUT2D eigenvalue weighted by molar-refractivity contribution is 7.92. The first-order valence-corrected chi connectivity index (χ1v) is 8.66. The van der Waals surface area contributed by atoms with E-state index in [0.29, 0.717) is 16.8 Å². The molecule has 2 aromatic carbocycles. The van der Waals surface area contributed by atoms with Gasteiger partial charge in [-0.2, -0.15) is 0 Å². The zero-order chi connectivity index (χ0) is 17.6. The van der Waals surface area contributed by atoms with Crippen LogP contribution in [-0.2, 0) is 10.0 Å². The second-order valence-corrected chi connectivity index (χ2v) is 6.58. The highest BCUT2D eigenvalue weighted by Gasteiger charge is 2.01. The van der Waals surface area contributed by atoms with Crippen LogP contribution in [0, 0.1) is 23.7 Å². The molecule has 0 fully saturated rings. The Morgan fingerprint density at radius 2 is 1.38 bits per heavy atom. The molecule has 0 saturated heterocycles. The van der Waals surface area contributed by atoms with E-state index < -0.39 is 16.0 Å². The monoisotopic (exact) mass is 339 g/mol. The molecule has 0 aliphatic rings. The van der Waals surface area contributed by atoms with Crippen molar-refractivity contribution in [3.63, 3.8) is 0 Å². The Labute approximate surface area is 140 Å². The average molecular weight is 339 g/mol. The van der Waals surface area contributed by atoms with Crippen LogP contribution in [-0.4, -0.2) is 25.7 Å². The molecule has 0 aromatic heterocycles. The second-order valence-electron chi connectivity index (χ2n) is 4.83. The van der Waals surface area contributed by atoms with E-state index in [4.69, 9.17) is 5.11 Å². The topological polar surface area (TPSA) is 83.5 Å². The fraction of sp³-hybridized carbons (Fsp3) is 0.0556. The number of carbonyl (C=O) groups is 1. The number of nitrogens with one attached hydrogen (secondary N) is 1. The van der Waals surface area contributed by atoms with Gasteiger partial charge in [0.1, 0.15) is 0 Å². The van der Waals surface area contributed by atoms with Crippen molar-refractivity contribution in [2.24, 2.45) is 0 Å². The Morgan fingerprint density at radius 1 is 0.917 bits per heavy atom. The van der Waals surface area contributed by atoms with Gasteiger partial charge in [-0.15, -0.1) is 0 Å². The summed E-state index contributed by atoms with van der Waals surface area (Å²) in [6, 6.07) is 12.8. The Bertz CT molecular complexity index is 968.